The standard InChI is InChI=1S/C24H34Cl2N2O/c1-27(23(29)16-17-11-12-20(25)21(26)15-17)24-19-9-3-2-7-18(19)8-6-10-22(24)28-13-4-5-14-28/h11-12,15,18-19,22,24H,2-10,13-14,16H2,1H3/t18?,19?,22-,24-/m0/s1. The first-order valence-electron chi connectivity index (χ1n) is 11.5. The van der Waals surface area contributed by atoms with Crippen molar-refractivity contribution in [2.24, 2.45) is 11.8 Å². The fourth-order valence-corrected chi connectivity index (χ4v) is 6.54. The Morgan fingerprint density at radius 1 is 1.00 bits per heavy atom. The van der Waals surface area contributed by atoms with Crippen molar-refractivity contribution in [2.45, 2.75) is 76.3 Å². The number of hydrogen-bond acceptors (Lipinski definition) is 2. The molecule has 1 aromatic rings. The van der Waals surface area contributed by atoms with E-state index in [9.17, 15) is 4.79 Å². The molecule has 4 rings (SSSR count). The Kier molecular flexibility index (Phi) is 7.09. The molecule has 1 amide bonds. The molecule has 1 aliphatic heterocycles. The first-order valence-corrected chi connectivity index (χ1v) is 12.2. The van der Waals surface area contributed by atoms with E-state index in [0.717, 1.165) is 11.5 Å². The van der Waals surface area contributed by atoms with E-state index in [1.54, 1.807) is 6.07 Å². The van der Waals surface area contributed by atoms with E-state index in [1.807, 2.05) is 12.1 Å². The highest BCUT2D eigenvalue weighted by Crippen LogP contribution is 2.43. The molecule has 4 atom stereocenters. The molecule has 2 saturated carbocycles. The van der Waals surface area contributed by atoms with Crippen molar-refractivity contribution < 1.29 is 4.79 Å². The molecule has 3 fully saturated rings. The molecule has 3 nitrogen and oxygen atoms in total. The molecule has 2 aliphatic carbocycles. The molecule has 160 valence electrons. The van der Waals surface area contributed by atoms with Crippen LogP contribution in [0.15, 0.2) is 18.2 Å². The van der Waals surface area contributed by atoms with Gasteiger partial charge in [-0.1, -0.05) is 61.4 Å². The van der Waals surface area contributed by atoms with Gasteiger partial charge in [-0.2, -0.15) is 0 Å². The summed E-state index contributed by atoms with van der Waals surface area (Å²) >= 11 is 12.2. The minimum absolute atomic E-state index is 0.212. The van der Waals surface area contributed by atoms with Crippen LogP contribution < -0.4 is 0 Å². The van der Waals surface area contributed by atoms with E-state index < -0.39 is 0 Å². The lowest BCUT2D eigenvalue weighted by atomic mass is 9.73. The number of amides is 1. The molecule has 29 heavy (non-hydrogen) atoms. The first-order chi connectivity index (χ1) is 14.0. The number of halogens is 2. The van der Waals surface area contributed by atoms with Crippen molar-refractivity contribution in [3.63, 3.8) is 0 Å². The number of likely N-dealkylation sites (N-methyl/N-ethyl adjacent to an activating group) is 1. The largest absolute Gasteiger partial charge is 0.341 e. The molecule has 5 heteroatoms. The zero-order valence-electron chi connectivity index (χ0n) is 17.6. The number of nitrogens with zero attached hydrogens (tertiary/aromatic N) is 2. The topological polar surface area (TPSA) is 23.6 Å². The molecule has 1 heterocycles. The van der Waals surface area contributed by atoms with Gasteiger partial charge < -0.3 is 4.90 Å². The molecule has 0 aromatic heterocycles. The number of hydrogen-bond donors (Lipinski definition) is 0. The minimum atomic E-state index is 0.212. The summed E-state index contributed by atoms with van der Waals surface area (Å²) in [6, 6.07) is 6.42. The smallest absolute Gasteiger partial charge is 0.227 e. The van der Waals surface area contributed by atoms with Crippen LogP contribution in [0.1, 0.15) is 63.4 Å². The highest BCUT2D eigenvalue weighted by atomic mass is 35.5. The Labute approximate surface area is 185 Å². The van der Waals surface area contributed by atoms with Gasteiger partial charge in [0.15, 0.2) is 0 Å². The van der Waals surface area contributed by atoms with Crippen LogP contribution in [0.25, 0.3) is 0 Å². The van der Waals surface area contributed by atoms with Gasteiger partial charge in [0.1, 0.15) is 0 Å². The van der Waals surface area contributed by atoms with Gasteiger partial charge in [-0.3, -0.25) is 9.69 Å². The van der Waals surface area contributed by atoms with Crippen LogP contribution in [0.2, 0.25) is 10.0 Å². The van der Waals surface area contributed by atoms with Crippen molar-refractivity contribution in [1.82, 2.24) is 9.80 Å². The minimum Gasteiger partial charge on any atom is -0.341 e. The Balaban J connectivity index is 1.57. The van der Waals surface area contributed by atoms with Crippen LogP contribution in [-0.2, 0) is 11.2 Å². The number of carbonyl (C=O) groups excluding carboxylic acids is 1. The summed E-state index contributed by atoms with van der Waals surface area (Å²) in [4.78, 5) is 18.2. The summed E-state index contributed by atoms with van der Waals surface area (Å²) in [5.41, 5.74) is 0.947. The average molecular weight is 437 g/mol. The lowest BCUT2D eigenvalue weighted by Crippen LogP contribution is -2.56. The zero-order valence-corrected chi connectivity index (χ0v) is 19.1. The van der Waals surface area contributed by atoms with Gasteiger partial charge in [0.05, 0.1) is 16.5 Å². The SMILES string of the molecule is CN(C(=O)Cc1ccc(Cl)c(Cl)c1)[C@H]1C2CCCCC2CCC[C@@H]1N1CCCC1. The normalized spacial score (nSPS) is 30.6. The third kappa shape index (κ3) is 4.78. The summed E-state index contributed by atoms with van der Waals surface area (Å²) in [6.45, 7) is 2.40. The number of carbonyl (C=O) groups is 1. The number of likely N-dealkylation sites (tertiary alicyclic amines) is 1. The zero-order chi connectivity index (χ0) is 20.4. The van der Waals surface area contributed by atoms with Gasteiger partial charge >= 0.3 is 0 Å². The molecule has 1 aromatic carbocycles. The summed E-state index contributed by atoms with van der Waals surface area (Å²) < 4.78 is 0. The van der Waals surface area contributed by atoms with Crippen LogP contribution >= 0.6 is 23.2 Å². The Hall–Kier alpha value is -0.770. The van der Waals surface area contributed by atoms with Gasteiger partial charge in [-0.05, 0) is 68.3 Å². The maximum atomic E-state index is 13.4. The highest BCUT2D eigenvalue weighted by Gasteiger charge is 2.44. The van der Waals surface area contributed by atoms with Crippen molar-refractivity contribution >= 4 is 29.1 Å². The number of fused-ring (bicyclic) bond motifs is 1. The van der Waals surface area contributed by atoms with E-state index >= 15 is 0 Å². The Bertz CT molecular complexity index is 719. The van der Waals surface area contributed by atoms with Crippen molar-refractivity contribution in [3.8, 4) is 0 Å². The maximum Gasteiger partial charge on any atom is 0.227 e. The van der Waals surface area contributed by atoms with Crippen molar-refractivity contribution in [3.05, 3.63) is 33.8 Å². The van der Waals surface area contributed by atoms with E-state index in [4.69, 9.17) is 23.2 Å². The fourth-order valence-electron chi connectivity index (χ4n) is 6.22. The predicted octanol–water partition coefficient (Wildman–Crippen LogP) is 5.82. The van der Waals surface area contributed by atoms with Crippen LogP contribution in [-0.4, -0.2) is 47.9 Å². The predicted molar refractivity (Wildman–Crippen MR) is 121 cm³/mol. The second-order valence-electron chi connectivity index (χ2n) is 9.37. The number of rotatable bonds is 4. The molecule has 1 saturated heterocycles. The molecule has 0 spiro atoms. The quantitative estimate of drug-likeness (QED) is 0.593. The molecule has 3 aliphatic rings. The van der Waals surface area contributed by atoms with Crippen molar-refractivity contribution in [1.29, 1.82) is 0 Å². The van der Waals surface area contributed by atoms with Crippen LogP contribution in [0.4, 0.5) is 0 Å². The summed E-state index contributed by atoms with van der Waals surface area (Å²) in [7, 11) is 2.06. The molecular formula is C24H34Cl2N2O. The summed E-state index contributed by atoms with van der Waals surface area (Å²) in [5.74, 6) is 1.66. The fraction of sp³-hybridized carbons (Fsp3) is 0.708. The van der Waals surface area contributed by atoms with E-state index in [2.05, 4.69) is 16.8 Å². The van der Waals surface area contributed by atoms with E-state index in [1.165, 1.54) is 70.9 Å². The second kappa shape index (κ2) is 9.58. The average Bonchev–Trinajstić information content (AvgIpc) is 3.18. The third-order valence-electron chi connectivity index (χ3n) is 7.67. The molecule has 0 radical (unpaired) electrons. The van der Waals surface area contributed by atoms with Crippen molar-refractivity contribution in [2.75, 3.05) is 20.1 Å². The lowest BCUT2D eigenvalue weighted by Gasteiger charge is -2.45. The van der Waals surface area contributed by atoms with Crippen LogP contribution in [0.3, 0.4) is 0 Å². The molecular weight excluding hydrogens is 403 g/mol. The monoisotopic (exact) mass is 436 g/mol. The van der Waals surface area contributed by atoms with Gasteiger partial charge in [0.25, 0.3) is 0 Å². The van der Waals surface area contributed by atoms with Crippen LogP contribution in [0.5, 0.6) is 0 Å². The summed E-state index contributed by atoms with van der Waals surface area (Å²) in [6.07, 6.45) is 12.2. The first kappa shape index (κ1) is 21.5. The lowest BCUT2D eigenvalue weighted by molar-refractivity contribution is -0.134. The van der Waals surface area contributed by atoms with E-state index in [0.29, 0.717) is 34.5 Å². The second-order valence-corrected chi connectivity index (χ2v) is 10.2. The van der Waals surface area contributed by atoms with Gasteiger partial charge in [0, 0.05) is 19.1 Å². The third-order valence-corrected chi connectivity index (χ3v) is 8.40. The maximum absolute atomic E-state index is 13.4. The van der Waals surface area contributed by atoms with Crippen LogP contribution in [0, 0.1) is 11.8 Å². The summed E-state index contributed by atoms with van der Waals surface area (Å²) in [5, 5.41) is 1.07. The van der Waals surface area contributed by atoms with Gasteiger partial charge in [-0.25, -0.2) is 0 Å². The van der Waals surface area contributed by atoms with Gasteiger partial charge in [0.2, 0.25) is 5.91 Å². The van der Waals surface area contributed by atoms with Gasteiger partial charge in [-0.15, -0.1) is 0 Å². The Morgan fingerprint density at radius 3 is 2.48 bits per heavy atom. The van der Waals surface area contributed by atoms with E-state index in [-0.39, 0.29) is 5.91 Å². The highest BCUT2D eigenvalue weighted by molar-refractivity contribution is 6.42. The molecule has 0 N–H and O–H groups in total. The Morgan fingerprint density at radius 2 is 1.72 bits per heavy atom. The number of benzene rings is 1. The molecule has 0 bridgehead atoms. The molecule has 2 unspecified atom stereocenters.